The lowest BCUT2D eigenvalue weighted by Crippen LogP contribution is -2.36. The maximum absolute atomic E-state index is 11.8. The Morgan fingerprint density at radius 2 is 2.24 bits per heavy atom. The largest absolute Gasteiger partial charge is 0.478 e. The lowest BCUT2D eigenvalue weighted by atomic mass is 10.1. The van der Waals surface area contributed by atoms with Crippen LogP contribution in [0.3, 0.4) is 0 Å². The average Bonchev–Trinajstić information content (AvgIpc) is 3.37. The fraction of sp³-hybridized carbons (Fsp3) is 0.500. The van der Waals surface area contributed by atoms with Gasteiger partial charge in [0.1, 0.15) is 5.75 Å². The van der Waals surface area contributed by atoms with E-state index in [1.54, 1.807) is 0 Å². The van der Waals surface area contributed by atoms with Crippen LogP contribution >= 0.6 is 0 Å². The second kappa shape index (κ2) is 6.48. The Balaban J connectivity index is 1.41. The van der Waals surface area contributed by atoms with Gasteiger partial charge >= 0.3 is 0 Å². The molecule has 2 aromatic rings. The van der Waals surface area contributed by atoms with E-state index in [0.717, 1.165) is 30.0 Å². The van der Waals surface area contributed by atoms with Crippen LogP contribution in [0.2, 0.25) is 0 Å². The number of nitrogens with one attached hydrogen (secondary N) is 2. The second-order valence-electron chi connectivity index (χ2n) is 6.69. The number of carbonyl (C=O) groups excluding carboxylic acids is 1. The maximum atomic E-state index is 11.8. The fourth-order valence-electron chi connectivity index (χ4n) is 2.90. The van der Waals surface area contributed by atoms with Gasteiger partial charge in [0.25, 0.3) is 5.91 Å². The van der Waals surface area contributed by atoms with Crippen LogP contribution in [0.15, 0.2) is 22.7 Å². The third-order valence-corrected chi connectivity index (χ3v) is 4.67. The van der Waals surface area contributed by atoms with Crippen molar-refractivity contribution in [2.24, 2.45) is 0 Å². The molecule has 2 heterocycles. The summed E-state index contributed by atoms with van der Waals surface area (Å²) in [7, 11) is 0. The minimum Gasteiger partial charge on any atom is -0.478 e. The van der Waals surface area contributed by atoms with Crippen molar-refractivity contribution in [3.63, 3.8) is 0 Å². The van der Waals surface area contributed by atoms with Crippen molar-refractivity contribution in [2.45, 2.75) is 57.7 Å². The van der Waals surface area contributed by atoms with Crippen LogP contribution in [0.1, 0.15) is 62.3 Å². The number of benzene rings is 1. The molecule has 1 aliphatic heterocycles. The summed E-state index contributed by atoms with van der Waals surface area (Å²) in [5.41, 5.74) is 1.80. The van der Waals surface area contributed by atoms with E-state index in [1.165, 1.54) is 0 Å². The van der Waals surface area contributed by atoms with E-state index in [4.69, 9.17) is 9.26 Å². The average molecular weight is 342 g/mol. The van der Waals surface area contributed by atoms with E-state index in [1.807, 2.05) is 25.1 Å². The number of fused-ring (bicyclic) bond motifs is 1. The SMILES string of the molecule is CC[C@@H]1Oc2cc([C@@H](C)NCc3noc(C4CC4)n3)ccc2NC1=O. The van der Waals surface area contributed by atoms with Crippen LogP contribution in [-0.4, -0.2) is 22.2 Å². The van der Waals surface area contributed by atoms with Gasteiger partial charge in [0.2, 0.25) is 5.89 Å². The van der Waals surface area contributed by atoms with E-state index < -0.39 is 6.10 Å². The summed E-state index contributed by atoms with van der Waals surface area (Å²) in [6.45, 7) is 4.55. The highest BCUT2D eigenvalue weighted by Gasteiger charge is 2.29. The van der Waals surface area contributed by atoms with Crippen molar-refractivity contribution in [2.75, 3.05) is 5.32 Å². The lowest BCUT2D eigenvalue weighted by Gasteiger charge is -2.26. The molecule has 4 rings (SSSR count). The predicted molar refractivity (Wildman–Crippen MR) is 91.3 cm³/mol. The lowest BCUT2D eigenvalue weighted by molar-refractivity contribution is -0.123. The normalized spacial score (nSPS) is 20.6. The minimum atomic E-state index is -0.425. The van der Waals surface area contributed by atoms with Crippen LogP contribution in [0, 0.1) is 0 Å². The zero-order chi connectivity index (χ0) is 17.4. The summed E-state index contributed by atoms with van der Waals surface area (Å²) in [5, 5.41) is 10.3. The molecule has 7 nitrogen and oxygen atoms in total. The number of carbonyl (C=O) groups is 1. The van der Waals surface area contributed by atoms with Gasteiger partial charge < -0.3 is 19.9 Å². The molecule has 0 unspecified atom stereocenters. The fourth-order valence-corrected chi connectivity index (χ4v) is 2.90. The van der Waals surface area contributed by atoms with E-state index in [-0.39, 0.29) is 11.9 Å². The highest BCUT2D eigenvalue weighted by atomic mass is 16.5. The van der Waals surface area contributed by atoms with Gasteiger partial charge in [-0.15, -0.1) is 0 Å². The Hall–Kier alpha value is -2.41. The smallest absolute Gasteiger partial charge is 0.265 e. The second-order valence-corrected chi connectivity index (χ2v) is 6.69. The quantitative estimate of drug-likeness (QED) is 0.839. The molecular formula is C18H22N4O3. The van der Waals surface area contributed by atoms with Gasteiger partial charge in [-0.2, -0.15) is 4.98 Å². The number of rotatable bonds is 6. The topological polar surface area (TPSA) is 89.3 Å². The number of nitrogens with zero attached hydrogens (tertiary/aromatic N) is 2. The first-order valence-corrected chi connectivity index (χ1v) is 8.81. The first-order valence-electron chi connectivity index (χ1n) is 8.81. The summed E-state index contributed by atoms with van der Waals surface area (Å²) in [6, 6.07) is 5.93. The van der Waals surface area contributed by atoms with Crippen molar-refractivity contribution < 1.29 is 14.1 Å². The Labute approximate surface area is 146 Å². The highest BCUT2D eigenvalue weighted by Crippen LogP contribution is 2.38. The summed E-state index contributed by atoms with van der Waals surface area (Å²) in [6.07, 6.45) is 2.52. The van der Waals surface area contributed by atoms with E-state index in [9.17, 15) is 4.79 Å². The number of anilines is 1. The van der Waals surface area contributed by atoms with E-state index in [2.05, 4.69) is 27.7 Å². The standard InChI is InChI=1S/C18H22N4O3/c1-3-14-17(23)20-13-7-6-12(8-15(13)24-14)10(2)19-9-16-21-18(25-22-16)11-4-5-11/h6-8,10-11,14,19H,3-5,9H2,1-2H3,(H,20,23)/t10-,14+/m1/s1. The molecule has 7 heteroatoms. The Morgan fingerprint density at radius 3 is 3.00 bits per heavy atom. The van der Waals surface area contributed by atoms with Crippen LogP contribution in [0.5, 0.6) is 5.75 Å². The van der Waals surface area contributed by atoms with E-state index in [0.29, 0.717) is 30.5 Å². The zero-order valence-corrected chi connectivity index (χ0v) is 14.4. The molecule has 0 spiro atoms. The number of hydrogen-bond acceptors (Lipinski definition) is 6. The minimum absolute atomic E-state index is 0.0857. The number of aromatic nitrogens is 2. The van der Waals surface area contributed by atoms with Gasteiger partial charge in [-0.1, -0.05) is 18.1 Å². The van der Waals surface area contributed by atoms with Crippen LogP contribution < -0.4 is 15.4 Å². The zero-order valence-electron chi connectivity index (χ0n) is 14.4. The summed E-state index contributed by atoms with van der Waals surface area (Å²) < 4.78 is 11.1. The molecule has 1 saturated carbocycles. The molecule has 2 N–H and O–H groups in total. The summed E-state index contributed by atoms with van der Waals surface area (Å²) >= 11 is 0. The number of amides is 1. The molecular weight excluding hydrogens is 320 g/mol. The molecule has 132 valence electrons. The molecule has 1 fully saturated rings. The van der Waals surface area contributed by atoms with Crippen LogP contribution in [0.25, 0.3) is 0 Å². The van der Waals surface area contributed by atoms with E-state index >= 15 is 0 Å². The molecule has 1 amide bonds. The van der Waals surface area contributed by atoms with Crippen molar-refractivity contribution >= 4 is 11.6 Å². The van der Waals surface area contributed by atoms with Gasteiger partial charge in [0.05, 0.1) is 12.2 Å². The first kappa shape index (κ1) is 16.1. The molecule has 25 heavy (non-hydrogen) atoms. The Kier molecular flexibility index (Phi) is 4.17. The third kappa shape index (κ3) is 3.37. The third-order valence-electron chi connectivity index (χ3n) is 4.67. The summed E-state index contributed by atoms with van der Waals surface area (Å²) in [5.74, 6) is 2.54. The van der Waals surface area contributed by atoms with Crippen molar-refractivity contribution in [1.29, 1.82) is 0 Å². The number of hydrogen-bond donors (Lipinski definition) is 2. The predicted octanol–water partition coefficient (Wildman–Crippen LogP) is 2.91. The van der Waals surface area contributed by atoms with Gasteiger partial charge in [0, 0.05) is 12.0 Å². The molecule has 1 aliphatic carbocycles. The molecule has 1 aromatic carbocycles. The molecule has 2 atom stereocenters. The van der Waals surface area contributed by atoms with Crippen molar-refractivity contribution in [3.05, 3.63) is 35.5 Å². The Bertz CT molecular complexity index is 784. The molecule has 1 aromatic heterocycles. The van der Waals surface area contributed by atoms with Gasteiger partial charge in [0.15, 0.2) is 11.9 Å². The molecule has 2 aliphatic rings. The highest BCUT2D eigenvalue weighted by molar-refractivity contribution is 5.97. The monoisotopic (exact) mass is 342 g/mol. The van der Waals surface area contributed by atoms with Crippen molar-refractivity contribution in [3.8, 4) is 5.75 Å². The van der Waals surface area contributed by atoms with Crippen molar-refractivity contribution in [1.82, 2.24) is 15.5 Å². The van der Waals surface area contributed by atoms with Crippen LogP contribution in [-0.2, 0) is 11.3 Å². The van der Waals surface area contributed by atoms with Gasteiger partial charge in [-0.3, -0.25) is 4.79 Å². The van der Waals surface area contributed by atoms with Crippen LogP contribution in [0.4, 0.5) is 5.69 Å². The maximum Gasteiger partial charge on any atom is 0.265 e. The molecule has 0 radical (unpaired) electrons. The van der Waals surface area contributed by atoms with Gasteiger partial charge in [-0.05, 0) is 43.9 Å². The molecule has 0 saturated heterocycles. The van der Waals surface area contributed by atoms with Gasteiger partial charge in [-0.25, -0.2) is 0 Å². The summed E-state index contributed by atoms with van der Waals surface area (Å²) in [4.78, 5) is 16.3. The molecule has 0 bridgehead atoms. The first-order chi connectivity index (χ1) is 12.1. The number of ether oxygens (including phenoxy) is 1. The Morgan fingerprint density at radius 1 is 1.40 bits per heavy atom.